The molecular formula is C9H10N4O2. The highest BCUT2D eigenvalue weighted by atomic mass is 16.6. The highest BCUT2D eigenvalue weighted by Gasteiger charge is 2.01. The molecule has 0 spiro atoms. The van der Waals surface area contributed by atoms with Gasteiger partial charge in [0.2, 0.25) is 5.91 Å². The summed E-state index contributed by atoms with van der Waals surface area (Å²) >= 11 is 0. The molecule has 0 atom stereocenters. The van der Waals surface area contributed by atoms with Crippen LogP contribution in [-0.4, -0.2) is 17.5 Å². The summed E-state index contributed by atoms with van der Waals surface area (Å²) in [5, 5.41) is 8.71. The number of nitriles is 1. The summed E-state index contributed by atoms with van der Waals surface area (Å²) in [6.07, 6.45) is 1.53. The van der Waals surface area contributed by atoms with Crippen LogP contribution in [0, 0.1) is 11.3 Å². The molecule has 6 nitrogen and oxygen atoms in total. The smallest absolute Gasteiger partial charge is 0.245 e. The summed E-state index contributed by atoms with van der Waals surface area (Å²) in [6.45, 7) is 0.0894. The molecule has 0 saturated carbocycles. The highest BCUT2D eigenvalue weighted by Crippen LogP contribution is 2.02. The maximum atomic E-state index is 10.3. The Morgan fingerprint density at radius 2 is 2.53 bits per heavy atom. The van der Waals surface area contributed by atoms with E-state index in [2.05, 4.69) is 10.5 Å². The fourth-order valence-corrected chi connectivity index (χ4v) is 0.933. The number of hydroxylamine groups is 1. The van der Waals surface area contributed by atoms with Crippen LogP contribution in [0.4, 0.5) is 0 Å². The number of carbonyl (C=O) groups excluding carboxylic acids is 1. The number of primary amides is 1. The van der Waals surface area contributed by atoms with E-state index in [1.54, 1.807) is 12.1 Å². The van der Waals surface area contributed by atoms with Crippen molar-refractivity contribution in [3.8, 4) is 6.07 Å². The molecule has 6 heteroatoms. The second kappa shape index (κ2) is 5.70. The van der Waals surface area contributed by atoms with Gasteiger partial charge in [-0.1, -0.05) is 6.07 Å². The van der Waals surface area contributed by atoms with Gasteiger partial charge in [-0.25, -0.2) is 4.98 Å². The Morgan fingerprint density at radius 1 is 1.73 bits per heavy atom. The van der Waals surface area contributed by atoms with Crippen molar-refractivity contribution < 1.29 is 9.63 Å². The van der Waals surface area contributed by atoms with Crippen molar-refractivity contribution in [2.45, 2.75) is 6.54 Å². The molecule has 0 aliphatic heterocycles. The number of amides is 1. The van der Waals surface area contributed by atoms with Gasteiger partial charge < -0.3 is 5.73 Å². The van der Waals surface area contributed by atoms with E-state index in [0.717, 1.165) is 0 Å². The number of nitrogens with two attached hydrogens (primary N) is 1. The van der Waals surface area contributed by atoms with E-state index in [0.29, 0.717) is 17.8 Å². The van der Waals surface area contributed by atoms with Crippen LogP contribution in [0.2, 0.25) is 0 Å². The molecule has 0 unspecified atom stereocenters. The van der Waals surface area contributed by atoms with Gasteiger partial charge in [-0.3, -0.25) is 9.63 Å². The number of hydrogen-bond donors (Lipinski definition) is 2. The zero-order valence-corrected chi connectivity index (χ0v) is 7.93. The van der Waals surface area contributed by atoms with Crippen LogP contribution in [0.5, 0.6) is 0 Å². The lowest BCUT2D eigenvalue weighted by molar-refractivity contribution is -0.125. The molecule has 15 heavy (non-hydrogen) atoms. The van der Waals surface area contributed by atoms with Crippen LogP contribution in [0.1, 0.15) is 11.3 Å². The SMILES string of the molecule is N#Cc1ncccc1CNOCC(N)=O. The first-order valence-electron chi connectivity index (χ1n) is 4.21. The van der Waals surface area contributed by atoms with Crippen molar-refractivity contribution in [3.05, 3.63) is 29.6 Å². The molecule has 0 bridgehead atoms. The van der Waals surface area contributed by atoms with Gasteiger partial charge in [0.05, 0.1) is 0 Å². The third kappa shape index (κ3) is 3.72. The number of aromatic nitrogens is 1. The van der Waals surface area contributed by atoms with Gasteiger partial charge in [-0.15, -0.1) is 0 Å². The maximum Gasteiger partial charge on any atom is 0.245 e. The van der Waals surface area contributed by atoms with Crippen molar-refractivity contribution in [2.24, 2.45) is 5.73 Å². The minimum absolute atomic E-state index is 0.206. The van der Waals surface area contributed by atoms with Crippen molar-refractivity contribution in [1.29, 1.82) is 5.26 Å². The van der Waals surface area contributed by atoms with Gasteiger partial charge in [0, 0.05) is 18.3 Å². The van der Waals surface area contributed by atoms with Gasteiger partial charge in [-0.05, 0) is 6.07 Å². The molecule has 3 N–H and O–H groups in total. The first-order chi connectivity index (χ1) is 7.24. The summed E-state index contributed by atoms with van der Waals surface area (Å²) < 4.78 is 0. The molecule has 0 radical (unpaired) electrons. The Morgan fingerprint density at radius 3 is 3.20 bits per heavy atom. The molecule has 0 aromatic carbocycles. The van der Waals surface area contributed by atoms with E-state index in [1.165, 1.54) is 6.20 Å². The molecule has 1 aromatic heterocycles. The van der Waals surface area contributed by atoms with Gasteiger partial charge in [0.15, 0.2) is 0 Å². The standard InChI is InChI=1S/C9H10N4O2/c10-4-8-7(2-1-3-12-8)5-13-15-6-9(11)14/h1-3,13H,5-6H2,(H2,11,14). The number of hydrogen-bond acceptors (Lipinski definition) is 5. The highest BCUT2D eigenvalue weighted by molar-refractivity contribution is 5.74. The molecule has 1 heterocycles. The summed E-state index contributed by atoms with van der Waals surface area (Å²) in [4.78, 5) is 18.9. The van der Waals surface area contributed by atoms with Crippen molar-refractivity contribution in [1.82, 2.24) is 10.5 Å². The van der Waals surface area contributed by atoms with Crippen molar-refractivity contribution in [2.75, 3.05) is 6.61 Å². The van der Waals surface area contributed by atoms with E-state index in [9.17, 15) is 4.79 Å². The number of nitrogens with one attached hydrogen (secondary N) is 1. The van der Waals surface area contributed by atoms with Crippen LogP contribution in [0.25, 0.3) is 0 Å². The summed E-state index contributed by atoms with van der Waals surface area (Å²) in [6, 6.07) is 5.40. The van der Waals surface area contributed by atoms with E-state index in [1.807, 2.05) is 6.07 Å². The van der Waals surface area contributed by atoms with Crippen LogP contribution >= 0.6 is 0 Å². The van der Waals surface area contributed by atoms with E-state index >= 15 is 0 Å². The molecular weight excluding hydrogens is 196 g/mol. The lowest BCUT2D eigenvalue weighted by Crippen LogP contribution is -2.24. The minimum Gasteiger partial charge on any atom is -0.368 e. The average Bonchev–Trinajstić information content (AvgIpc) is 2.24. The Balaban J connectivity index is 2.44. The number of pyridine rings is 1. The monoisotopic (exact) mass is 206 g/mol. The van der Waals surface area contributed by atoms with Crippen LogP contribution in [0.3, 0.4) is 0 Å². The van der Waals surface area contributed by atoms with E-state index < -0.39 is 5.91 Å². The van der Waals surface area contributed by atoms with Crippen LogP contribution in [-0.2, 0) is 16.2 Å². The lowest BCUT2D eigenvalue weighted by Gasteiger charge is -2.04. The predicted molar refractivity (Wildman–Crippen MR) is 50.9 cm³/mol. The molecule has 1 aromatic rings. The number of rotatable bonds is 5. The second-order valence-corrected chi connectivity index (χ2v) is 2.70. The van der Waals surface area contributed by atoms with Gasteiger partial charge in [0.1, 0.15) is 18.4 Å². The predicted octanol–water partition coefficient (Wildman–Crippen LogP) is -0.540. The van der Waals surface area contributed by atoms with E-state index in [4.69, 9.17) is 15.8 Å². The number of nitrogens with zero attached hydrogens (tertiary/aromatic N) is 2. The summed E-state index contributed by atoms with van der Waals surface area (Å²) in [7, 11) is 0. The summed E-state index contributed by atoms with van der Waals surface area (Å²) in [5.41, 5.74) is 8.40. The Kier molecular flexibility index (Phi) is 4.22. The normalized spacial score (nSPS) is 9.53. The van der Waals surface area contributed by atoms with Gasteiger partial charge in [-0.2, -0.15) is 10.7 Å². The zero-order chi connectivity index (χ0) is 11.1. The fraction of sp³-hybridized carbons (Fsp3) is 0.222. The third-order valence-corrected chi connectivity index (χ3v) is 1.58. The van der Waals surface area contributed by atoms with E-state index in [-0.39, 0.29) is 6.61 Å². The third-order valence-electron chi connectivity index (χ3n) is 1.58. The van der Waals surface area contributed by atoms with Crippen molar-refractivity contribution >= 4 is 5.91 Å². The Labute approximate surface area is 86.6 Å². The fourth-order valence-electron chi connectivity index (χ4n) is 0.933. The second-order valence-electron chi connectivity index (χ2n) is 2.70. The first kappa shape index (κ1) is 11.1. The van der Waals surface area contributed by atoms with Crippen LogP contribution in [0.15, 0.2) is 18.3 Å². The van der Waals surface area contributed by atoms with Crippen molar-refractivity contribution in [3.63, 3.8) is 0 Å². The Hall–Kier alpha value is -1.97. The molecule has 0 saturated heterocycles. The summed E-state index contributed by atoms with van der Waals surface area (Å²) in [5.74, 6) is -0.561. The average molecular weight is 206 g/mol. The maximum absolute atomic E-state index is 10.3. The van der Waals surface area contributed by atoms with Crippen LogP contribution < -0.4 is 11.2 Å². The largest absolute Gasteiger partial charge is 0.368 e. The number of carbonyl (C=O) groups is 1. The van der Waals surface area contributed by atoms with Gasteiger partial charge >= 0.3 is 0 Å². The molecule has 78 valence electrons. The molecule has 1 amide bonds. The zero-order valence-electron chi connectivity index (χ0n) is 7.93. The Bertz CT molecular complexity index is 386. The quantitative estimate of drug-likeness (QED) is 0.497. The van der Waals surface area contributed by atoms with Gasteiger partial charge in [0.25, 0.3) is 0 Å². The topological polar surface area (TPSA) is 101 Å². The molecule has 0 aliphatic rings. The molecule has 0 aliphatic carbocycles. The lowest BCUT2D eigenvalue weighted by atomic mass is 10.2. The molecule has 0 fully saturated rings. The minimum atomic E-state index is -0.561. The molecule has 1 rings (SSSR count). The first-order valence-corrected chi connectivity index (χ1v) is 4.21.